The molecule has 4 N–H and O–H groups in total. The highest BCUT2D eigenvalue weighted by atomic mass is 32.1. The van der Waals surface area contributed by atoms with Crippen molar-refractivity contribution in [3.05, 3.63) is 49.9 Å². The monoisotopic (exact) mass is 448 g/mol. The fraction of sp³-hybridized carbons (Fsp3) is 0.316. The van der Waals surface area contributed by atoms with Gasteiger partial charge in [-0.05, 0) is 55.1 Å². The summed E-state index contributed by atoms with van der Waals surface area (Å²) < 4.78 is 4.93. The van der Waals surface area contributed by atoms with E-state index in [0.717, 1.165) is 35.8 Å². The number of hydrogen-bond acceptors (Lipinski definition) is 7. The number of nitrogens with zero attached hydrogens (tertiary/aromatic N) is 1. The summed E-state index contributed by atoms with van der Waals surface area (Å²) in [7, 11) is 1.30. The van der Waals surface area contributed by atoms with Crippen LogP contribution in [0.3, 0.4) is 0 Å². The summed E-state index contributed by atoms with van der Waals surface area (Å²) in [5.41, 5.74) is 6.63. The fourth-order valence-corrected chi connectivity index (χ4v) is 5.06. The molecule has 0 saturated carbocycles. The Morgan fingerprint density at radius 2 is 2.13 bits per heavy atom. The Hall–Kier alpha value is -3.05. The molecule has 0 saturated heterocycles. The molecule has 0 bridgehead atoms. The van der Waals surface area contributed by atoms with Gasteiger partial charge >= 0.3 is 5.69 Å². The zero-order valence-electron chi connectivity index (χ0n) is 16.3. The number of nitro benzene ring substituents is 1. The van der Waals surface area contributed by atoms with Gasteiger partial charge in [0.1, 0.15) is 5.00 Å². The molecule has 1 heterocycles. The Morgan fingerprint density at radius 1 is 1.40 bits per heavy atom. The third-order valence-corrected chi connectivity index (χ3v) is 6.22. The van der Waals surface area contributed by atoms with Crippen molar-refractivity contribution in [3.8, 4) is 5.75 Å². The third-order valence-electron chi connectivity index (χ3n) is 4.85. The van der Waals surface area contributed by atoms with Crippen molar-refractivity contribution in [1.82, 2.24) is 5.32 Å². The van der Waals surface area contributed by atoms with Crippen molar-refractivity contribution in [2.24, 2.45) is 11.7 Å². The smallest absolute Gasteiger partial charge is 0.311 e. The quantitative estimate of drug-likeness (QED) is 0.363. The minimum absolute atomic E-state index is 0.0346. The first kappa shape index (κ1) is 21.7. The van der Waals surface area contributed by atoms with E-state index in [2.05, 4.69) is 17.6 Å². The average molecular weight is 449 g/mol. The number of amides is 2. The fourth-order valence-electron chi connectivity index (χ4n) is 3.38. The first-order chi connectivity index (χ1) is 14.2. The van der Waals surface area contributed by atoms with E-state index in [1.54, 1.807) is 0 Å². The Bertz CT molecular complexity index is 1050. The molecule has 1 aromatic carbocycles. The number of nitro groups is 1. The summed E-state index contributed by atoms with van der Waals surface area (Å²) >= 11 is 6.61. The predicted molar refractivity (Wildman–Crippen MR) is 117 cm³/mol. The summed E-state index contributed by atoms with van der Waals surface area (Å²) in [6.07, 6.45) is 2.60. The molecule has 1 aliphatic rings. The van der Waals surface area contributed by atoms with E-state index in [1.807, 2.05) is 0 Å². The number of fused-ring (bicyclic) bond motifs is 1. The molecule has 11 heteroatoms. The molecular formula is C19H20N4O5S2. The minimum Gasteiger partial charge on any atom is -0.490 e. The molecule has 0 fully saturated rings. The first-order valence-electron chi connectivity index (χ1n) is 9.10. The number of thiophene rings is 1. The average Bonchev–Trinajstić information content (AvgIpc) is 3.03. The van der Waals surface area contributed by atoms with Crippen molar-refractivity contribution < 1.29 is 19.2 Å². The molecule has 2 aromatic rings. The standard InChI is InChI=1S/C19H20N4O5S2/c1-9-3-5-11-14(7-9)30-18(15(11)16(20)24)22-19(29)21-17(25)10-4-6-13(28-2)12(8-10)23(26)27/h4,6,8-9H,3,5,7H2,1-2H3,(H2,20,24)(H2,21,22,25,29)/t9-/m1/s1. The highest BCUT2D eigenvalue weighted by Crippen LogP contribution is 2.39. The molecule has 2 amide bonds. The van der Waals surface area contributed by atoms with Crippen LogP contribution in [0.15, 0.2) is 18.2 Å². The van der Waals surface area contributed by atoms with Crippen LogP contribution in [-0.4, -0.2) is 29.0 Å². The van der Waals surface area contributed by atoms with Crippen molar-refractivity contribution in [3.63, 3.8) is 0 Å². The van der Waals surface area contributed by atoms with Crippen LogP contribution in [-0.2, 0) is 12.8 Å². The van der Waals surface area contributed by atoms with Gasteiger partial charge < -0.3 is 15.8 Å². The van der Waals surface area contributed by atoms with Crippen LogP contribution in [0.5, 0.6) is 5.75 Å². The van der Waals surface area contributed by atoms with E-state index in [1.165, 1.54) is 30.6 Å². The largest absolute Gasteiger partial charge is 0.490 e. The lowest BCUT2D eigenvalue weighted by molar-refractivity contribution is -0.385. The summed E-state index contributed by atoms with van der Waals surface area (Å²) in [6.45, 7) is 2.15. The number of anilines is 1. The number of hydrogen-bond donors (Lipinski definition) is 3. The summed E-state index contributed by atoms with van der Waals surface area (Å²) in [4.78, 5) is 36.1. The van der Waals surface area contributed by atoms with Gasteiger partial charge in [-0.1, -0.05) is 6.92 Å². The SMILES string of the molecule is COc1ccc(C(=O)NC(=S)Nc2sc3c(c2C(N)=O)CC[C@@H](C)C3)cc1[N+](=O)[O-]. The van der Waals surface area contributed by atoms with Crippen LogP contribution in [0.4, 0.5) is 10.7 Å². The van der Waals surface area contributed by atoms with Crippen LogP contribution in [0.2, 0.25) is 0 Å². The Labute approximate surface area is 181 Å². The lowest BCUT2D eigenvalue weighted by atomic mass is 9.88. The topological polar surface area (TPSA) is 137 Å². The molecule has 0 spiro atoms. The number of benzene rings is 1. The maximum Gasteiger partial charge on any atom is 0.311 e. The lowest BCUT2D eigenvalue weighted by Crippen LogP contribution is -2.34. The zero-order valence-corrected chi connectivity index (χ0v) is 17.9. The van der Waals surface area contributed by atoms with E-state index >= 15 is 0 Å². The molecule has 1 aromatic heterocycles. The number of carbonyl (C=O) groups is 2. The highest BCUT2D eigenvalue weighted by molar-refractivity contribution is 7.80. The molecule has 0 unspecified atom stereocenters. The van der Waals surface area contributed by atoms with Gasteiger partial charge in [-0.25, -0.2) is 0 Å². The van der Waals surface area contributed by atoms with Gasteiger partial charge in [0, 0.05) is 16.5 Å². The number of carbonyl (C=O) groups excluding carboxylic acids is 2. The van der Waals surface area contributed by atoms with Crippen LogP contribution in [0.1, 0.15) is 44.5 Å². The number of nitrogens with two attached hydrogens (primary N) is 1. The van der Waals surface area contributed by atoms with Gasteiger partial charge in [-0.2, -0.15) is 0 Å². The maximum atomic E-state index is 12.5. The number of thiocarbonyl (C=S) groups is 1. The molecule has 30 heavy (non-hydrogen) atoms. The van der Waals surface area contributed by atoms with Crippen molar-refractivity contribution in [2.45, 2.75) is 26.2 Å². The van der Waals surface area contributed by atoms with Crippen LogP contribution in [0.25, 0.3) is 0 Å². The Balaban J connectivity index is 1.78. The molecule has 3 rings (SSSR count). The predicted octanol–water partition coefficient (Wildman–Crippen LogP) is 3.02. The number of rotatable bonds is 5. The van der Waals surface area contributed by atoms with Crippen molar-refractivity contribution >= 4 is 51.2 Å². The molecule has 1 aliphatic carbocycles. The normalized spacial score (nSPS) is 15.1. The van der Waals surface area contributed by atoms with E-state index in [0.29, 0.717) is 16.5 Å². The number of methoxy groups -OCH3 is 1. The zero-order chi connectivity index (χ0) is 22.0. The molecule has 0 aliphatic heterocycles. The number of ether oxygens (including phenoxy) is 1. The van der Waals surface area contributed by atoms with E-state index in [4.69, 9.17) is 22.7 Å². The van der Waals surface area contributed by atoms with E-state index < -0.39 is 16.7 Å². The van der Waals surface area contributed by atoms with Crippen LogP contribution >= 0.6 is 23.6 Å². The molecule has 1 atom stereocenters. The molecule has 158 valence electrons. The first-order valence-corrected chi connectivity index (χ1v) is 10.3. The second kappa shape index (κ2) is 8.76. The highest BCUT2D eigenvalue weighted by Gasteiger charge is 2.27. The lowest BCUT2D eigenvalue weighted by Gasteiger charge is -2.18. The summed E-state index contributed by atoms with van der Waals surface area (Å²) in [6, 6.07) is 3.84. The van der Waals surface area contributed by atoms with Crippen LogP contribution < -0.4 is 21.1 Å². The van der Waals surface area contributed by atoms with Crippen molar-refractivity contribution in [1.29, 1.82) is 0 Å². The second-order valence-electron chi connectivity index (χ2n) is 6.97. The number of nitrogens with one attached hydrogen (secondary N) is 2. The van der Waals surface area contributed by atoms with Gasteiger partial charge in [0.2, 0.25) is 0 Å². The molecular weight excluding hydrogens is 428 g/mol. The maximum absolute atomic E-state index is 12.5. The minimum atomic E-state index is -0.636. The van der Waals surface area contributed by atoms with Gasteiger partial charge in [0.15, 0.2) is 10.9 Å². The summed E-state index contributed by atoms with van der Waals surface area (Å²) in [5.74, 6) is -0.623. The van der Waals surface area contributed by atoms with Crippen molar-refractivity contribution in [2.75, 3.05) is 12.4 Å². The van der Waals surface area contributed by atoms with Gasteiger partial charge in [0.05, 0.1) is 17.6 Å². The molecule has 9 nitrogen and oxygen atoms in total. The van der Waals surface area contributed by atoms with E-state index in [9.17, 15) is 19.7 Å². The van der Waals surface area contributed by atoms with Gasteiger partial charge in [-0.3, -0.25) is 25.0 Å². The second-order valence-corrected chi connectivity index (χ2v) is 8.49. The molecule has 0 radical (unpaired) electrons. The Kier molecular flexibility index (Phi) is 6.32. The summed E-state index contributed by atoms with van der Waals surface area (Å²) in [5, 5.41) is 17.0. The third kappa shape index (κ3) is 4.41. The van der Waals surface area contributed by atoms with Crippen LogP contribution in [0, 0.1) is 16.0 Å². The Morgan fingerprint density at radius 3 is 2.77 bits per heavy atom. The van der Waals surface area contributed by atoms with Gasteiger partial charge in [-0.15, -0.1) is 11.3 Å². The van der Waals surface area contributed by atoms with E-state index in [-0.39, 0.29) is 22.1 Å². The van der Waals surface area contributed by atoms with Gasteiger partial charge in [0.25, 0.3) is 11.8 Å². The number of primary amides is 1.